The van der Waals surface area contributed by atoms with Gasteiger partial charge < -0.3 is 9.72 Å². The smallest absolute Gasteiger partial charge is 0.212 e. The van der Waals surface area contributed by atoms with Gasteiger partial charge in [0.1, 0.15) is 23.3 Å². The third-order valence-corrected chi connectivity index (χ3v) is 2.78. The number of unbranched alkanes of at least 4 members (excludes halogenated alkanes) is 1. The van der Waals surface area contributed by atoms with Crippen molar-refractivity contribution in [3.05, 3.63) is 35.4 Å². The van der Waals surface area contributed by atoms with E-state index in [1.54, 1.807) is 6.21 Å². The number of H-pyrrole nitrogens is 1. The van der Waals surface area contributed by atoms with Gasteiger partial charge in [0, 0.05) is 6.21 Å². The molecule has 0 saturated heterocycles. The molecule has 0 aliphatic carbocycles. The van der Waals surface area contributed by atoms with E-state index in [9.17, 15) is 5.26 Å². The third kappa shape index (κ3) is 4.96. The van der Waals surface area contributed by atoms with Gasteiger partial charge in [-0.05, 0) is 32.3 Å². The van der Waals surface area contributed by atoms with E-state index in [1.165, 1.54) is 0 Å². The molecular weight excluding hydrogens is 276 g/mol. The molecule has 114 valence electrons. The molecule has 0 aliphatic rings. The van der Waals surface area contributed by atoms with Gasteiger partial charge in [-0.3, -0.25) is 0 Å². The minimum Gasteiger partial charge on any atom is -0.478 e. The molecule has 1 aromatic heterocycles. The van der Waals surface area contributed by atoms with Crippen LogP contribution in [0, 0.1) is 22.7 Å². The van der Waals surface area contributed by atoms with Crippen LogP contribution < -0.4 is 4.74 Å². The molecule has 0 fully saturated rings. The summed E-state index contributed by atoms with van der Waals surface area (Å²) in [6, 6.07) is 3.99. The van der Waals surface area contributed by atoms with E-state index in [1.807, 2.05) is 44.2 Å². The Hall–Kier alpha value is -2.79. The van der Waals surface area contributed by atoms with Gasteiger partial charge in [0.25, 0.3) is 0 Å². The Morgan fingerprint density at radius 1 is 1.18 bits per heavy atom. The van der Waals surface area contributed by atoms with E-state index in [0.29, 0.717) is 18.3 Å². The number of nitrogens with one attached hydrogen (secondary N) is 1. The minimum absolute atomic E-state index is 0.208. The molecule has 0 aliphatic heterocycles. The molecule has 0 saturated carbocycles. The summed E-state index contributed by atoms with van der Waals surface area (Å²) in [5.74, 6) is 0.661. The van der Waals surface area contributed by atoms with Crippen LogP contribution in [0.5, 0.6) is 5.88 Å². The first-order chi connectivity index (χ1) is 10.8. The molecule has 5 nitrogen and oxygen atoms in total. The van der Waals surface area contributed by atoms with Crippen molar-refractivity contribution in [2.45, 2.75) is 33.1 Å². The Kier molecular flexibility index (Phi) is 7.86. The summed E-state index contributed by atoms with van der Waals surface area (Å²) >= 11 is 0. The molecule has 0 aromatic carbocycles. The number of ether oxygens (including phenoxy) is 1. The maximum atomic E-state index is 9.19. The average molecular weight is 296 g/mol. The lowest BCUT2D eigenvalue weighted by Crippen LogP contribution is -1.96. The van der Waals surface area contributed by atoms with Crippen LogP contribution in [-0.2, 0) is 0 Å². The normalized spacial score (nSPS) is 11.3. The molecule has 0 atom stereocenters. The van der Waals surface area contributed by atoms with E-state index in [4.69, 9.17) is 10.00 Å². The second-order valence-electron chi connectivity index (χ2n) is 4.48. The highest BCUT2D eigenvalue weighted by Gasteiger charge is 2.17. The van der Waals surface area contributed by atoms with Crippen LogP contribution in [-0.4, -0.2) is 17.8 Å². The fourth-order valence-electron chi connectivity index (χ4n) is 1.72. The number of aromatic amines is 1. The van der Waals surface area contributed by atoms with Crippen molar-refractivity contribution in [1.29, 1.82) is 10.5 Å². The van der Waals surface area contributed by atoms with Crippen molar-refractivity contribution in [3.8, 4) is 18.0 Å². The molecule has 0 amide bonds. The second kappa shape index (κ2) is 10.0. The van der Waals surface area contributed by atoms with E-state index in [-0.39, 0.29) is 11.1 Å². The molecule has 1 heterocycles. The van der Waals surface area contributed by atoms with E-state index in [0.717, 1.165) is 19.3 Å². The Bertz CT molecular complexity index is 639. The number of rotatable bonds is 8. The van der Waals surface area contributed by atoms with Crippen molar-refractivity contribution in [3.63, 3.8) is 0 Å². The number of hydrogen-bond donors (Lipinski definition) is 1. The average Bonchev–Trinajstić information content (AvgIpc) is 2.88. The number of nitriles is 2. The third-order valence-electron chi connectivity index (χ3n) is 2.78. The van der Waals surface area contributed by atoms with Gasteiger partial charge in [0.15, 0.2) is 5.82 Å². The maximum Gasteiger partial charge on any atom is 0.212 e. The summed E-state index contributed by atoms with van der Waals surface area (Å²) in [5.41, 5.74) is 0.423. The molecule has 0 bridgehead atoms. The van der Waals surface area contributed by atoms with Gasteiger partial charge in [-0.25, -0.2) is 4.99 Å². The van der Waals surface area contributed by atoms with Crippen LogP contribution in [0.2, 0.25) is 0 Å². The topological polar surface area (TPSA) is 85.0 Å². The molecule has 22 heavy (non-hydrogen) atoms. The van der Waals surface area contributed by atoms with Crippen LogP contribution >= 0.6 is 0 Å². The highest BCUT2D eigenvalue weighted by atomic mass is 16.5. The molecule has 1 N–H and O–H groups in total. The lowest BCUT2D eigenvalue weighted by Gasteiger charge is -2.00. The maximum absolute atomic E-state index is 9.19. The fourth-order valence-corrected chi connectivity index (χ4v) is 1.72. The van der Waals surface area contributed by atoms with Crippen molar-refractivity contribution < 1.29 is 4.74 Å². The summed E-state index contributed by atoms with van der Waals surface area (Å²) in [5, 5.41) is 18.4. The van der Waals surface area contributed by atoms with Gasteiger partial charge in [-0.2, -0.15) is 10.5 Å². The summed E-state index contributed by atoms with van der Waals surface area (Å²) in [7, 11) is 0. The highest BCUT2D eigenvalue weighted by Crippen LogP contribution is 2.29. The number of allylic oxidation sites excluding steroid dienone is 4. The second-order valence-corrected chi connectivity index (χ2v) is 4.48. The Morgan fingerprint density at radius 3 is 2.55 bits per heavy atom. The Labute approximate surface area is 131 Å². The predicted molar refractivity (Wildman–Crippen MR) is 87.3 cm³/mol. The highest BCUT2D eigenvalue weighted by molar-refractivity contribution is 5.76. The molecule has 5 heteroatoms. The zero-order valence-corrected chi connectivity index (χ0v) is 13.0. The molecule has 0 spiro atoms. The lowest BCUT2D eigenvalue weighted by molar-refractivity contribution is 0.306. The van der Waals surface area contributed by atoms with Crippen LogP contribution in [0.15, 0.2) is 29.3 Å². The zero-order chi connectivity index (χ0) is 16.2. The first kappa shape index (κ1) is 17.3. The van der Waals surface area contributed by atoms with Crippen LogP contribution in [0.3, 0.4) is 0 Å². The number of aliphatic imine (C=N–C) groups is 1. The number of nitrogens with zero attached hydrogens (tertiary/aromatic N) is 3. The zero-order valence-electron chi connectivity index (χ0n) is 13.0. The first-order valence-electron chi connectivity index (χ1n) is 7.27. The van der Waals surface area contributed by atoms with Gasteiger partial charge in [0.05, 0.1) is 6.61 Å². The van der Waals surface area contributed by atoms with E-state index < -0.39 is 0 Å². The lowest BCUT2D eigenvalue weighted by atomic mass is 10.2. The SMILES string of the molecule is C/C=C\CC/C=C/C=N/c1[nH]c(OCCC)c(C#N)c1C#N. The summed E-state index contributed by atoms with van der Waals surface area (Å²) in [4.78, 5) is 7.08. The molecule has 1 aromatic rings. The van der Waals surface area contributed by atoms with Gasteiger partial charge in [0.2, 0.25) is 5.88 Å². The van der Waals surface area contributed by atoms with E-state index in [2.05, 4.69) is 16.1 Å². The minimum atomic E-state index is 0.208. The Morgan fingerprint density at radius 2 is 1.91 bits per heavy atom. The molecule has 0 radical (unpaired) electrons. The van der Waals surface area contributed by atoms with Crippen LogP contribution in [0.4, 0.5) is 5.82 Å². The van der Waals surface area contributed by atoms with E-state index >= 15 is 0 Å². The number of hydrogen-bond acceptors (Lipinski definition) is 4. The van der Waals surface area contributed by atoms with Gasteiger partial charge >= 0.3 is 0 Å². The van der Waals surface area contributed by atoms with Crippen molar-refractivity contribution in [1.82, 2.24) is 4.98 Å². The van der Waals surface area contributed by atoms with Gasteiger partial charge in [-0.15, -0.1) is 0 Å². The summed E-state index contributed by atoms with van der Waals surface area (Å²) in [6.07, 6.45) is 12.3. The first-order valence-corrected chi connectivity index (χ1v) is 7.27. The fraction of sp³-hybridized carbons (Fsp3) is 0.353. The molecule has 1 rings (SSSR count). The molecular formula is C17H20N4O. The monoisotopic (exact) mass is 296 g/mol. The summed E-state index contributed by atoms with van der Waals surface area (Å²) < 4.78 is 5.44. The standard InChI is InChI=1S/C17H20N4O/c1-3-5-6-7-8-9-10-20-16-14(12-18)15(13-19)17(21-16)22-11-4-2/h3,5,8-10,21H,4,6-7,11H2,1-2H3/b5-3-,9-8+,20-10+. The quantitative estimate of drug-likeness (QED) is 0.444. The van der Waals surface area contributed by atoms with Gasteiger partial charge in [-0.1, -0.05) is 25.2 Å². The number of aromatic nitrogens is 1. The predicted octanol–water partition coefficient (Wildman–Crippen LogP) is 4.16. The van der Waals surface area contributed by atoms with Crippen molar-refractivity contribution in [2.75, 3.05) is 6.61 Å². The largest absolute Gasteiger partial charge is 0.478 e. The molecule has 0 unspecified atom stereocenters. The van der Waals surface area contributed by atoms with Crippen molar-refractivity contribution in [2.24, 2.45) is 4.99 Å². The van der Waals surface area contributed by atoms with Crippen molar-refractivity contribution >= 4 is 12.0 Å². The van der Waals surface area contributed by atoms with Crippen LogP contribution in [0.1, 0.15) is 44.2 Å². The van der Waals surface area contributed by atoms with Crippen LogP contribution in [0.25, 0.3) is 0 Å². The summed E-state index contributed by atoms with van der Waals surface area (Å²) in [6.45, 7) is 4.44. The Balaban J connectivity index is 2.84.